The maximum absolute atomic E-state index is 6.41. The molecule has 0 amide bonds. The minimum Gasteiger partial charge on any atom is -0.489 e. The second-order valence-corrected chi connectivity index (χ2v) is 7.61. The maximum Gasteiger partial charge on any atom is 0.145 e. The smallest absolute Gasteiger partial charge is 0.145 e. The molecule has 1 fully saturated rings. The average molecular weight is 350 g/mol. The van der Waals surface area contributed by atoms with E-state index in [1.807, 2.05) is 12.3 Å². The van der Waals surface area contributed by atoms with Crippen LogP contribution in [0.2, 0.25) is 0 Å². The number of hydrogen-bond donors (Lipinski definition) is 0. The number of rotatable bonds is 4. The summed E-state index contributed by atoms with van der Waals surface area (Å²) in [4.78, 5) is 7.18. The van der Waals surface area contributed by atoms with Crippen molar-refractivity contribution in [3.63, 3.8) is 0 Å². The molecule has 4 nitrogen and oxygen atoms in total. The molecule has 1 aromatic heterocycles. The molecule has 1 unspecified atom stereocenters. The molecule has 1 saturated heterocycles. The van der Waals surface area contributed by atoms with E-state index in [9.17, 15) is 0 Å². The fraction of sp³-hybridized carbons (Fsp3) is 0.455. The van der Waals surface area contributed by atoms with Gasteiger partial charge >= 0.3 is 0 Å². The summed E-state index contributed by atoms with van der Waals surface area (Å²) in [5.74, 6) is 1.03. The van der Waals surface area contributed by atoms with Gasteiger partial charge in [0.05, 0.1) is 5.69 Å². The van der Waals surface area contributed by atoms with Gasteiger partial charge in [0.2, 0.25) is 0 Å². The number of piperidine rings is 1. The van der Waals surface area contributed by atoms with Crippen LogP contribution in [0.25, 0.3) is 0 Å². The van der Waals surface area contributed by atoms with E-state index in [1.54, 1.807) is 0 Å². The predicted octanol–water partition coefficient (Wildman–Crippen LogP) is 3.28. The highest BCUT2D eigenvalue weighted by Crippen LogP contribution is 2.31. The second kappa shape index (κ2) is 7.58. The van der Waals surface area contributed by atoms with Gasteiger partial charge in [0.1, 0.15) is 31.7 Å². The van der Waals surface area contributed by atoms with Gasteiger partial charge in [-0.1, -0.05) is 30.3 Å². The summed E-state index contributed by atoms with van der Waals surface area (Å²) in [6.45, 7) is 10.2. The lowest BCUT2D eigenvalue weighted by Gasteiger charge is -2.35. The lowest BCUT2D eigenvalue weighted by molar-refractivity contribution is -0.532. The van der Waals surface area contributed by atoms with E-state index in [2.05, 4.69) is 58.4 Å². The van der Waals surface area contributed by atoms with E-state index < -0.39 is 0 Å². The number of benzene rings is 1. The van der Waals surface area contributed by atoms with E-state index in [-0.39, 0.29) is 0 Å². The molecule has 136 valence electrons. The minimum absolute atomic E-state index is 0.293. The van der Waals surface area contributed by atoms with Crippen molar-refractivity contribution in [3.05, 3.63) is 59.4 Å². The summed E-state index contributed by atoms with van der Waals surface area (Å²) in [6, 6.07) is 13.2. The Balaban J connectivity index is 1.51. The summed E-state index contributed by atoms with van der Waals surface area (Å²) >= 11 is 0. The quantitative estimate of drug-likeness (QED) is 0.792. The number of hydrogen-bond acceptors (Lipinski definition) is 3. The van der Waals surface area contributed by atoms with Crippen LogP contribution < -0.4 is 4.74 Å². The van der Waals surface area contributed by atoms with Gasteiger partial charge in [-0.25, -0.2) is 4.58 Å². The zero-order valence-electron chi connectivity index (χ0n) is 15.6. The molecule has 2 aromatic rings. The first-order chi connectivity index (χ1) is 12.7. The largest absolute Gasteiger partial charge is 0.489 e. The van der Waals surface area contributed by atoms with Crippen LogP contribution in [0.4, 0.5) is 0 Å². The van der Waals surface area contributed by atoms with Gasteiger partial charge < -0.3 is 4.74 Å². The molecule has 0 aliphatic carbocycles. The molecule has 2 aliphatic heterocycles. The molecule has 3 heterocycles. The van der Waals surface area contributed by atoms with Crippen LogP contribution in [-0.2, 0) is 19.5 Å². The van der Waals surface area contributed by atoms with Crippen molar-refractivity contribution in [3.8, 4) is 5.75 Å². The highest BCUT2D eigenvalue weighted by Gasteiger charge is 2.28. The van der Waals surface area contributed by atoms with E-state index in [4.69, 9.17) is 4.74 Å². The summed E-state index contributed by atoms with van der Waals surface area (Å²) in [7, 11) is 0. The standard InChI is InChI=1S/C22H28N3O/c1-17-14-21-20(16-25(17)15-18-6-4-3-5-7-18)22(8-11-23-21)26-19-9-12-24(2)13-10-19/h3-8,11,17,19H,2,9-10,12-16H2,1H3/q+1. The number of fused-ring (bicyclic) bond motifs is 1. The van der Waals surface area contributed by atoms with Crippen molar-refractivity contribution in [2.45, 2.75) is 51.4 Å². The Hall–Kier alpha value is -2.20. The number of ether oxygens (including phenoxy) is 1. The fourth-order valence-corrected chi connectivity index (χ4v) is 3.98. The molecule has 0 N–H and O–H groups in total. The van der Waals surface area contributed by atoms with Gasteiger partial charge in [-0.3, -0.25) is 9.88 Å². The SMILES string of the molecule is C=[N+]1CCC(Oc2ccnc3c2CN(Cc2ccccc2)C(C)C3)CC1. The lowest BCUT2D eigenvalue weighted by atomic mass is 9.98. The lowest BCUT2D eigenvalue weighted by Crippen LogP contribution is -2.39. The second-order valence-electron chi connectivity index (χ2n) is 7.61. The van der Waals surface area contributed by atoms with Crippen molar-refractivity contribution in [1.82, 2.24) is 9.88 Å². The zero-order chi connectivity index (χ0) is 17.9. The topological polar surface area (TPSA) is 28.4 Å². The molecule has 1 aromatic carbocycles. The fourth-order valence-electron chi connectivity index (χ4n) is 3.98. The highest BCUT2D eigenvalue weighted by molar-refractivity contribution is 5.38. The van der Waals surface area contributed by atoms with Crippen LogP contribution in [0.15, 0.2) is 42.6 Å². The van der Waals surface area contributed by atoms with E-state index >= 15 is 0 Å². The summed E-state index contributed by atoms with van der Waals surface area (Å²) in [5.41, 5.74) is 3.84. The predicted molar refractivity (Wildman–Crippen MR) is 104 cm³/mol. The Bertz CT molecular complexity index is 764. The van der Waals surface area contributed by atoms with Crippen molar-refractivity contribution < 1.29 is 9.31 Å². The molecular weight excluding hydrogens is 322 g/mol. The Morgan fingerprint density at radius 3 is 2.73 bits per heavy atom. The summed E-state index contributed by atoms with van der Waals surface area (Å²) < 4.78 is 8.54. The maximum atomic E-state index is 6.41. The van der Waals surface area contributed by atoms with E-state index in [0.717, 1.165) is 51.2 Å². The molecule has 26 heavy (non-hydrogen) atoms. The number of nitrogens with zero attached hydrogens (tertiary/aromatic N) is 3. The molecule has 0 radical (unpaired) electrons. The highest BCUT2D eigenvalue weighted by atomic mass is 16.5. The third-order valence-corrected chi connectivity index (χ3v) is 5.63. The van der Waals surface area contributed by atoms with Gasteiger partial charge in [-0.2, -0.15) is 0 Å². The van der Waals surface area contributed by atoms with Crippen LogP contribution in [0.1, 0.15) is 36.6 Å². The molecule has 2 aliphatic rings. The Morgan fingerprint density at radius 2 is 1.96 bits per heavy atom. The van der Waals surface area contributed by atoms with Gasteiger partial charge in [0.25, 0.3) is 0 Å². The van der Waals surface area contributed by atoms with Gasteiger partial charge in [0, 0.05) is 50.2 Å². The normalized spacial score (nSPS) is 21.4. The molecular formula is C22H28N3O+. The molecule has 4 heteroatoms. The van der Waals surface area contributed by atoms with Crippen LogP contribution in [0.3, 0.4) is 0 Å². The van der Waals surface area contributed by atoms with Crippen molar-refractivity contribution >= 4 is 6.72 Å². The first-order valence-electron chi connectivity index (χ1n) is 9.66. The van der Waals surface area contributed by atoms with Crippen LogP contribution in [-0.4, -0.2) is 46.4 Å². The van der Waals surface area contributed by atoms with Crippen molar-refractivity contribution in [2.24, 2.45) is 0 Å². The Labute approximate surface area is 156 Å². The molecule has 4 rings (SSSR count). The molecule has 0 spiro atoms. The molecule has 1 atom stereocenters. The Kier molecular flexibility index (Phi) is 5.02. The minimum atomic E-state index is 0.293. The van der Waals surface area contributed by atoms with Crippen LogP contribution in [0.5, 0.6) is 5.75 Å². The monoisotopic (exact) mass is 350 g/mol. The first kappa shape index (κ1) is 17.2. The van der Waals surface area contributed by atoms with Gasteiger partial charge in [-0.05, 0) is 18.6 Å². The zero-order valence-corrected chi connectivity index (χ0v) is 15.6. The van der Waals surface area contributed by atoms with Crippen LogP contribution >= 0.6 is 0 Å². The molecule has 0 saturated carbocycles. The van der Waals surface area contributed by atoms with Crippen molar-refractivity contribution in [1.29, 1.82) is 0 Å². The third kappa shape index (κ3) is 3.80. The third-order valence-electron chi connectivity index (χ3n) is 5.63. The van der Waals surface area contributed by atoms with Gasteiger partial charge in [-0.15, -0.1) is 0 Å². The van der Waals surface area contributed by atoms with Crippen molar-refractivity contribution in [2.75, 3.05) is 13.1 Å². The molecule has 0 bridgehead atoms. The summed E-state index contributed by atoms with van der Waals surface area (Å²) in [6.07, 6.45) is 5.28. The van der Waals surface area contributed by atoms with Gasteiger partial charge in [0.15, 0.2) is 0 Å². The number of aromatic nitrogens is 1. The number of pyridine rings is 1. The first-order valence-corrected chi connectivity index (χ1v) is 9.66. The average Bonchev–Trinajstić information content (AvgIpc) is 2.65. The van der Waals surface area contributed by atoms with Crippen LogP contribution in [0, 0.1) is 0 Å². The van der Waals surface area contributed by atoms with E-state index in [0.29, 0.717) is 12.1 Å². The van der Waals surface area contributed by atoms with E-state index in [1.165, 1.54) is 16.8 Å². The Morgan fingerprint density at radius 1 is 1.19 bits per heavy atom. The summed E-state index contributed by atoms with van der Waals surface area (Å²) in [5, 5.41) is 0.